The Bertz CT molecular complexity index is 434. The summed E-state index contributed by atoms with van der Waals surface area (Å²) in [6.45, 7) is 5.29. The van der Waals surface area contributed by atoms with Crippen molar-refractivity contribution in [3.8, 4) is 0 Å². The first-order valence-corrected chi connectivity index (χ1v) is 6.54. The van der Waals surface area contributed by atoms with Crippen molar-refractivity contribution in [3.63, 3.8) is 0 Å². The summed E-state index contributed by atoms with van der Waals surface area (Å²) in [7, 11) is 2.69. The maximum absolute atomic E-state index is 11.8. The molecule has 5 heteroatoms. The average Bonchev–Trinajstić information content (AvgIpc) is 2.45. The molecule has 0 aliphatic heterocycles. The van der Waals surface area contributed by atoms with Gasteiger partial charge < -0.3 is 14.2 Å². The summed E-state index contributed by atoms with van der Waals surface area (Å²) in [5.74, 6) is -0.181. The topological polar surface area (TPSA) is 61.8 Å². The Morgan fingerprint density at radius 3 is 2.50 bits per heavy atom. The van der Waals surface area contributed by atoms with Gasteiger partial charge in [-0.25, -0.2) is 4.79 Å². The number of esters is 2. The standard InChI is InChI=1S/C15H22O5/c1-10(13(16)18-4)20-12-8-6-7-11(9-12)15(2,3)14(17)19-5/h6,8-11H,7H2,1-5H3/t10-,11+/m1/s1. The summed E-state index contributed by atoms with van der Waals surface area (Å²) in [5, 5.41) is 0. The van der Waals surface area contributed by atoms with Crippen molar-refractivity contribution in [3.05, 3.63) is 24.0 Å². The zero-order chi connectivity index (χ0) is 15.3. The minimum Gasteiger partial charge on any atom is -0.479 e. The van der Waals surface area contributed by atoms with E-state index in [9.17, 15) is 9.59 Å². The van der Waals surface area contributed by atoms with Crippen LogP contribution >= 0.6 is 0 Å². The first kappa shape index (κ1) is 16.3. The van der Waals surface area contributed by atoms with Gasteiger partial charge in [0.2, 0.25) is 0 Å². The molecule has 112 valence electrons. The molecule has 0 spiro atoms. The van der Waals surface area contributed by atoms with Crippen molar-refractivity contribution in [2.45, 2.75) is 33.3 Å². The molecule has 0 radical (unpaired) electrons. The Kier molecular flexibility index (Phi) is 5.36. The number of allylic oxidation sites excluding steroid dienone is 3. The summed E-state index contributed by atoms with van der Waals surface area (Å²) < 4.78 is 15.0. The monoisotopic (exact) mass is 282 g/mol. The van der Waals surface area contributed by atoms with Gasteiger partial charge >= 0.3 is 11.9 Å². The van der Waals surface area contributed by atoms with Crippen LogP contribution in [0.25, 0.3) is 0 Å². The van der Waals surface area contributed by atoms with Crippen LogP contribution in [0.3, 0.4) is 0 Å². The van der Waals surface area contributed by atoms with Gasteiger partial charge in [-0.1, -0.05) is 6.08 Å². The third-order valence-corrected chi connectivity index (χ3v) is 3.52. The second-order valence-electron chi connectivity index (χ2n) is 5.31. The quantitative estimate of drug-likeness (QED) is 0.724. The molecule has 1 aliphatic carbocycles. The lowest BCUT2D eigenvalue weighted by molar-refractivity contribution is -0.153. The molecular weight excluding hydrogens is 260 g/mol. The summed E-state index contributed by atoms with van der Waals surface area (Å²) in [4.78, 5) is 23.2. The molecule has 0 N–H and O–H groups in total. The third kappa shape index (κ3) is 3.62. The van der Waals surface area contributed by atoms with E-state index in [-0.39, 0.29) is 11.9 Å². The maximum atomic E-state index is 11.8. The van der Waals surface area contributed by atoms with Gasteiger partial charge in [-0.2, -0.15) is 0 Å². The van der Waals surface area contributed by atoms with Gasteiger partial charge in [-0.3, -0.25) is 4.79 Å². The number of carbonyl (C=O) groups is 2. The smallest absolute Gasteiger partial charge is 0.346 e. The third-order valence-electron chi connectivity index (χ3n) is 3.52. The van der Waals surface area contributed by atoms with Crippen LogP contribution in [0.15, 0.2) is 24.0 Å². The molecule has 0 saturated heterocycles. The second kappa shape index (κ2) is 6.59. The summed E-state index contributed by atoms with van der Waals surface area (Å²) in [6.07, 6.45) is 5.62. The van der Waals surface area contributed by atoms with Crippen LogP contribution < -0.4 is 0 Å². The zero-order valence-corrected chi connectivity index (χ0v) is 12.6. The van der Waals surface area contributed by atoms with E-state index in [0.717, 1.165) is 6.42 Å². The van der Waals surface area contributed by atoms with Crippen molar-refractivity contribution in [1.29, 1.82) is 0 Å². The van der Waals surface area contributed by atoms with Crippen molar-refractivity contribution >= 4 is 11.9 Å². The van der Waals surface area contributed by atoms with Crippen molar-refractivity contribution in [2.24, 2.45) is 11.3 Å². The van der Waals surface area contributed by atoms with Gasteiger partial charge in [-0.15, -0.1) is 0 Å². The molecule has 0 aromatic rings. The Morgan fingerprint density at radius 2 is 1.95 bits per heavy atom. The fourth-order valence-corrected chi connectivity index (χ4v) is 2.07. The molecule has 0 saturated carbocycles. The van der Waals surface area contributed by atoms with E-state index in [2.05, 4.69) is 4.74 Å². The van der Waals surface area contributed by atoms with Crippen LogP contribution in [0.2, 0.25) is 0 Å². The van der Waals surface area contributed by atoms with E-state index in [0.29, 0.717) is 5.76 Å². The SMILES string of the molecule is COC(=O)[C@@H](C)OC1=C[C@@H](C(C)(C)C(=O)OC)CC=C1. The molecule has 0 aromatic heterocycles. The minimum absolute atomic E-state index is 0.0419. The van der Waals surface area contributed by atoms with Crippen LogP contribution in [0.1, 0.15) is 27.2 Å². The Balaban J connectivity index is 2.82. The number of ether oxygens (including phenoxy) is 3. The largest absolute Gasteiger partial charge is 0.479 e. The number of carbonyl (C=O) groups excluding carboxylic acids is 2. The summed E-state index contributed by atoms with van der Waals surface area (Å²) >= 11 is 0. The average molecular weight is 282 g/mol. The maximum Gasteiger partial charge on any atom is 0.346 e. The van der Waals surface area contributed by atoms with E-state index in [1.807, 2.05) is 26.0 Å². The van der Waals surface area contributed by atoms with Gasteiger partial charge in [-0.05, 0) is 45.3 Å². The lowest BCUT2D eigenvalue weighted by Gasteiger charge is -2.31. The van der Waals surface area contributed by atoms with Crippen LogP contribution in [-0.2, 0) is 23.8 Å². The van der Waals surface area contributed by atoms with E-state index in [1.54, 1.807) is 13.0 Å². The van der Waals surface area contributed by atoms with Gasteiger partial charge in [0.1, 0.15) is 5.76 Å². The first-order valence-electron chi connectivity index (χ1n) is 6.54. The molecule has 0 unspecified atom stereocenters. The lowest BCUT2D eigenvalue weighted by atomic mass is 9.75. The van der Waals surface area contributed by atoms with Gasteiger partial charge in [0.05, 0.1) is 19.6 Å². The van der Waals surface area contributed by atoms with E-state index in [1.165, 1.54) is 14.2 Å². The van der Waals surface area contributed by atoms with Crippen molar-refractivity contribution < 1.29 is 23.8 Å². The summed E-state index contributed by atoms with van der Waals surface area (Å²) in [5.41, 5.74) is -0.650. The molecular formula is C15H22O5. The van der Waals surface area contributed by atoms with Crippen molar-refractivity contribution in [2.75, 3.05) is 14.2 Å². The highest BCUT2D eigenvalue weighted by Gasteiger charge is 2.37. The molecule has 0 fully saturated rings. The Labute approximate surface area is 119 Å². The van der Waals surface area contributed by atoms with Gasteiger partial charge in [0.25, 0.3) is 0 Å². The molecule has 20 heavy (non-hydrogen) atoms. The molecule has 0 bridgehead atoms. The number of hydrogen-bond donors (Lipinski definition) is 0. The second-order valence-corrected chi connectivity index (χ2v) is 5.31. The number of hydrogen-bond acceptors (Lipinski definition) is 5. The van der Waals surface area contributed by atoms with E-state index < -0.39 is 17.5 Å². The zero-order valence-electron chi connectivity index (χ0n) is 12.6. The molecule has 2 atom stereocenters. The Hall–Kier alpha value is -1.78. The molecule has 1 aliphatic rings. The van der Waals surface area contributed by atoms with E-state index >= 15 is 0 Å². The minimum atomic E-state index is -0.684. The number of methoxy groups -OCH3 is 2. The highest BCUT2D eigenvalue weighted by atomic mass is 16.6. The molecule has 5 nitrogen and oxygen atoms in total. The van der Waals surface area contributed by atoms with Crippen LogP contribution in [0.4, 0.5) is 0 Å². The molecule has 0 amide bonds. The van der Waals surface area contributed by atoms with E-state index in [4.69, 9.17) is 9.47 Å². The normalized spacial score (nSPS) is 19.9. The summed E-state index contributed by atoms with van der Waals surface area (Å²) in [6, 6.07) is 0. The Morgan fingerprint density at radius 1 is 1.30 bits per heavy atom. The fourth-order valence-electron chi connectivity index (χ4n) is 2.07. The van der Waals surface area contributed by atoms with Gasteiger partial charge in [0.15, 0.2) is 6.10 Å². The van der Waals surface area contributed by atoms with Crippen LogP contribution in [0, 0.1) is 11.3 Å². The fraction of sp³-hybridized carbons (Fsp3) is 0.600. The molecule has 0 heterocycles. The first-order chi connectivity index (χ1) is 9.32. The van der Waals surface area contributed by atoms with Gasteiger partial charge in [0, 0.05) is 0 Å². The molecule has 1 rings (SSSR count). The lowest BCUT2D eigenvalue weighted by Crippen LogP contribution is -2.34. The predicted molar refractivity (Wildman–Crippen MR) is 73.7 cm³/mol. The van der Waals surface area contributed by atoms with Crippen molar-refractivity contribution in [1.82, 2.24) is 0 Å². The van der Waals surface area contributed by atoms with Crippen LogP contribution in [0.5, 0.6) is 0 Å². The van der Waals surface area contributed by atoms with Crippen LogP contribution in [-0.4, -0.2) is 32.3 Å². The predicted octanol–water partition coefficient (Wildman–Crippen LogP) is 2.22. The number of rotatable bonds is 5. The molecule has 0 aromatic carbocycles. The highest BCUT2D eigenvalue weighted by Crippen LogP contribution is 2.35. The highest BCUT2D eigenvalue weighted by molar-refractivity contribution is 5.76.